The van der Waals surface area contributed by atoms with Gasteiger partial charge in [0.15, 0.2) is 5.16 Å². The van der Waals surface area contributed by atoms with Crippen LogP contribution in [-0.4, -0.2) is 33.9 Å². The number of carbonyl (C=O) groups is 1. The molecule has 1 N–H and O–H groups in total. The number of benzene rings is 1. The molecule has 1 amide bonds. The number of thioether (sulfide) groups is 1. The van der Waals surface area contributed by atoms with Crippen LogP contribution >= 0.6 is 23.1 Å². The van der Waals surface area contributed by atoms with Gasteiger partial charge in [0.2, 0.25) is 5.91 Å². The van der Waals surface area contributed by atoms with Gasteiger partial charge in [0, 0.05) is 11.4 Å². The molecule has 3 aromatic rings. The molecular weight excluding hydrogens is 423 g/mol. The number of aromatic nitrogens is 2. The maximum Gasteiger partial charge on any atom is 0.405 e. The summed E-state index contributed by atoms with van der Waals surface area (Å²) >= 11 is 2.23. The van der Waals surface area contributed by atoms with E-state index in [4.69, 9.17) is 0 Å². The van der Waals surface area contributed by atoms with E-state index in [1.165, 1.54) is 22.0 Å². The van der Waals surface area contributed by atoms with Crippen LogP contribution in [0.2, 0.25) is 0 Å². The lowest BCUT2D eigenvalue weighted by atomic mass is 10.2. The lowest BCUT2D eigenvalue weighted by Gasteiger charge is -2.11. The van der Waals surface area contributed by atoms with Crippen molar-refractivity contribution in [3.8, 4) is 10.4 Å². The van der Waals surface area contributed by atoms with Gasteiger partial charge in [0.1, 0.15) is 11.2 Å². The van der Waals surface area contributed by atoms with Gasteiger partial charge < -0.3 is 5.32 Å². The molecule has 0 unspecified atom stereocenters. The Labute approximate surface area is 172 Å². The fourth-order valence-corrected chi connectivity index (χ4v) is 4.40. The van der Waals surface area contributed by atoms with Gasteiger partial charge in [0.25, 0.3) is 5.56 Å². The lowest BCUT2D eigenvalue weighted by Crippen LogP contribution is -2.35. The largest absolute Gasteiger partial charge is 0.405 e. The van der Waals surface area contributed by atoms with Crippen LogP contribution in [0.25, 0.3) is 20.7 Å². The molecule has 0 aliphatic carbocycles. The van der Waals surface area contributed by atoms with Gasteiger partial charge in [-0.15, -0.1) is 17.9 Å². The third-order valence-electron chi connectivity index (χ3n) is 3.79. The Kier molecular flexibility index (Phi) is 6.43. The fourth-order valence-electron chi connectivity index (χ4n) is 2.52. The molecule has 0 aliphatic rings. The second-order valence-corrected chi connectivity index (χ2v) is 7.97. The van der Waals surface area contributed by atoms with Crippen molar-refractivity contribution in [1.29, 1.82) is 0 Å². The topological polar surface area (TPSA) is 64.0 Å². The van der Waals surface area contributed by atoms with Gasteiger partial charge in [-0.25, -0.2) is 4.98 Å². The number of nitrogens with one attached hydrogen (secondary N) is 1. The summed E-state index contributed by atoms with van der Waals surface area (Å²) in [6, 6.07) is 11.3. The minimum absolute atomic E-state index is 0.173. The number of thiophene rings is 1. The van der Waals surface area contributed by atoms with Crippen molar-refractivity contribution in [2.45, 2.75) is 17.9 Å². The predicted octanol–water partition coefficient (Wildman–Crippen LogP) is 4.08. The number of rotatable bonds is 7. The second kappa shape index (κ2) is 8.83. The average Bonchev–Trinajstić information content (AvgIpc) is 3.12. The molecule has 0 saturated carbocycles. The van der Waals surface area contributed by atoms with Gasteiger partial charge >= 0.3 is 6.18 Å². The smallest absolute Gasteiger partial charge is 0.346 e. The molecule has 1 aromatic carbocycles. The summed E-state index contributed by atoms with van der Waals surface area (Å²) in [4.78, 5) is 30.0. The van der Waals surface area contributed by atoms with Gasteiger partial charge in [0.05, 0.1) is 11.3 Å². The monoisotopic (exact) mass is 439 g/mol. The van der Waals surface area contributed by atoms with Crippen LogP contribution in [0.5, 0.6) is 0 Å². The first-order valence-electron chi connectivity index (χ1n) is 8.45. The van der Waals surface area contributed by atoms with Crippen LogP contribution in [0.1, 0.15) is 0 Å². The summed E-state index contributed by atoms with van der Waals surface area (Å²) in [5.74, 6) is -1.08. The van der Waals surface area contributed by atoms with Crippen molar-refractivity contribution in [2.75, 3.05) is 12.3 Å². The minimum atomic E-state index is -4.48. The Balaban J connectivity index is 1.90. The minimum Gasteiger partial charge on any atom is -0.346 e. The number of alkyl halides is 3. The Bertz CT molecular complexity index is 1090. The van der Waals surface area contributed by atoms with E-state index >= 15 is 0 Å². The first kappa shape index (κ1) is 21.1. The zero-order chi connectivity index (χ0) is 21.0. The van der Waals surface area contributed by atoms with Crippen LogP contribution in [-0.2, 0) is 11.3 Å². The second-order valence-electron chi connectivity index (χ2n) is 5.97. The van der Waals surface area contributed by atoms with E-state index in [0.29, 0.717) is 10.2 Å². The molecule has 3 rings (SSSR count). The molecule has 0 radical (unpaired) electrons. The van der Waals surface area contributed by atoms with Crippen LogP contribution in [0.15, 0.2) is 59.0 Å². The molecular formula is C19H16F3N3O2S2. The molecule has 2 aromatic heterocycles. The highest BCUT2D eigenvalue weighted by atomic mass is 32.2. The highest BCUT2D eigenvalue weighted by Gasteiger charge is 2.27. The van der Waals surface area contributed by atoms with Crippen molar-refractivity contribution in [2.24, 2.45) is 0 Å². The van der Waals surface area contributed by atoms with E-state index in [1.807, 2.05) is 30.3 Å². The fraction of sp³-hybridized carbons (Fsp3) is 0.211. The van der Waals surface area contributed by atoms with Gasteiger partial charge in [-0.1, -0.05) is 48.2 Å². The van der Waals surface area contributed by atoms with E-state index in [0.717, 1.165) is 22.2 Å². The number of carbonyl (C=O) groups excluding carboxylic acids is 1. The first-order chi connectivity index (χ1) is 13.8. The van der Waals surface area contributed by atoms with E-state index in [2.05, 4.69) is 11.6 Å². The van der Waals surface area contributed by atoms with Crippen molar-refractivity contribution in [1.82, 2.24) is 14.9 Å². The molecule has 5 nitrogen and oxygen atoms in total. The molecule has 152 valence electrons. The van der Waals surface area contributed by atoms with Crippen molar-refractivity contribution < 1.29 is 18.0 Å². The average molecular weight is 439 g/mol. The standard InChI is InChI=1S/C19H16F3N3O2S2/c1-2-8-25-17(27)16-13(9-14(29-16)12-6-4-3-5-7-12)24-18(25)28-10-15(26)23-11-19(20,21)22/h2-7,9H,1,8,10-11H2,(H,23,26). The normalized spacial score (nSPS) is 11.6. The third kappa shape index (κ3) is 5.27. The number of fused-ring (bicyclic) bond motifs is 1. The molecule has 10 heteroatoms. The van der Waals surface area contributed by atoms with E-state index in [-0.39, 0.29) is 23.0 Å². The van der Waals surface area contributed by atoms with E-state index in [9.17, 15) is 22.8 Å². The quantitative estimate of drug-likeness (QED) is 0.342. The van der Waals surface area contributed by atoms with Gasteiger partial charge in [-0.3, -0.25) is 14.2 Å². The Morgan fingerprint density at radius 3 is 2.69 bits per heavy atom. The SMILES string of the molecule is C=CCn1c(SCC(=O)NCC(F)(F)F)nc2cc(-c3ccccc3)sc2c1=O. The molecule has 0 saturated heterocycles. The van der Waals surface area contributed by atoms with Crippen LogP contribution in [0, 0.1) is 0 Å². The Morgan fingerprint density at radius 1 is 1.31 bits per heavy atom. The zero-order valence-electron chi connectivity index (χ0n) is 15.0. The summed E-state index contributed by atoms with van der Waals surface area (Å²) in [6.07, 6.45) is -2.96. The lowest BCUT2D eigenvalue weighted by molar-refractivity contribution is -0.136. The van der Waals surface area contributed by atoms with Crippen molar-refractivity contribution in [3.63, 3.8) is 0 Å². The van der Waals surface area contributed by atoms with Crippen LogP contribution in [0.3, 0.4) is 0 Å². The highest BCUT2D eigenvalue weighted by Crippen LogP contribution is 2.32. The maximum absolute atomic E-state index is 12.9. The van der Waals surface area contributed by atoms with Crippen LogP contribution in [0.4, 0.5) is 13.2 Å². The summed E-state index contributed by atoms with van der Waals surface area (Å²) in [6.45, 7) is 2.40. The summed E-state index contributed by atoms with van der Waals surface area (Å²) in [5.41, 5.74) is 1.16. The maximum atomic E-state index is 12.9. The first-order valence-corrected chi connectivity index (χ1v) is 10.3. The summed E-state index contributed by atoms with van der Waals surface area (Å²) in [7, 11) is 0. The number of hydrogen-bond acceptors (Lipinski definition) is 5. The predicted molar refractivity (Wildman–Crippen MR) is 109 cm³/mol. The van der Waals surface area contributed by atoms with Crippen LogP contribution < -0.4 is 10.9 Å². The molecule has 0 spiro atoms. The molecule has 0 bridgehead atoms. The summed E-state index contributed by atoms with van der Waals surface area (Å²) in [5, 5.41) is 2.06. The zero-order valence-corrected chi connectivity index (χ0v) is 16.7. The Morgan fingerprint density at radius 2 is 2.03 bits per heavy atom. The highest BCUT2D eigenvalue weighted by molar-refractivity contribution is 7.99. The molecule has 0 aliphatic heterocycles. The van der Waals surface area contributed by atoms with Crippen molar-refractivity contribution >= 4 is 39.2 Å². The Hall–Kier alpha value is -2.59. The molecule has 2 heterocycles. The van der Waals surface area contributed by atoms with Crippen molar-refractivity contribution in [3.05, 3.63) is 59.4 Å². The molecule has 29 heavy (non-hydrogen) atoms. The van der Waals surface area contributed by atoms with Gasteiger partial charge in [-0.2, -0.15) is 13.2 Å². The van der Waals surface area contributed by atoms with E-state index in [1.54, 1.807) is 11.4 Å². The van der Waals surface area contributed by atoms with E-state index < -0.39 is 18.6 Å². The number of allylic oxidation sites excluding steroid dienone is 1. The number of nitrogens with zero attached hydrogens (tertiary/aromatic N) is 2. The number of halogens is 3. The number of hydrogen-bond donors (Lipinski definition) is 1. The summed E-state index contributed by atoms with van der Waals surface area (Å²) < 4.78 is 38.5. The number of amides is 1. The van der Waals surface area contributed by atoms with Gasteiger partial charge in [-0.05, 0) is 11.6 Å². The molecule has 0 atom stereocenters. The molecule has 0 fully saturated rings. The third-order valence-corrected chi connectivity index (χ3v) is 5.92.